The van der Waals surface area contributed by atoms with Crippen LogP contribution in [0.15, 0.2) is 24.3 Å². The molecule has 0 unspecified atom stereocenters. The van der Waals surface area contributed by atoms with Gasteiger partial charge in [-0.1, -0.05) is 15.9 Å². The van der Waals surface area contributed by atoms with Crippen molar-refractivity contribution in [1.29, 1.82) is 0 Å². The van der Waals surface area contributed by atoms with E-state index in [0.29, 0.717) is 6.54 Å². The molecule has 14 heavy (non-hydrogen) atoms. The lowest BCUT2D eigenvalue weighted by molar-refractivity contribution is -0.116. The van der Waals surface area contributed by atoms with Crippen LogP contribution in [0.2, 0.25) is 0 Å². The van der Waals surface area contributed by atoms with Crippen molar-refractivity contribution < 1.29 is 9.18 Å². The number of amides is 1. The summed E-state index contributed by atoms with van der Waals surface area (Å²) in [5.41, 5.74) is 0.762. The SMILES string of the molecule is O=C1[C@H](Br)CCN1c1ccc(F)cc1. The van der Waals surface area contributed by atoms with Gasteiger partial charge < -0.3 is 4.90 Å². The van der Waals surface area contributed by atoms with E-state index < -0.39 is 0 Å². The fourth-order valence-corrected chi connectivity index (χ4v) is 1.97. The van der Waals surface area contributed by atoms with Crippen LogP contribution >= 0.6 is 15.9 Å². The maximum atomic E-state index is 12.6. The Morgan fingerprint density at radius 2 is 2.00 bits per heavy atom. The van der Waals surface area contributed by atoms with Crippen LogP contribution in [-0.2, 0) is 4.79 Å². The largest absolute Gasteiger partial charge is 0.311 e. The van der Waals surface area contributed by atoms with Crippen LogP contribution in [0.5, 0.6) is 0 Å². The molecule has 74 valence electrons. The lowest BCUT2D eigenvalue weighted by Gasteiger charge is -2.15. The Balaban J connectivity index is 2.24. The normalized spacial score (nSPS) is 21.7. The Labute approximate surface area is 89.8 Å². The standard InChI is InChI=1S/C10H9BrFNO/c11-9-5-6-13(10(9)14)8-3-1-7(12)2-4-8/h1-4,9H,5-6H2/t9-/m1/s1. The van der Waals surface area contributed by atoms with Gasteiger partial charge >= 0.3 is 0 Å². The number of nitrogens with zero attached hydrogens (tertiary/aromatic N) is 1. The maximum Gasteiger partial charge on any atom is 0.240 e. The fraction of sp³-hybridized carbons (Fsp3) is 0.300. The van der Waals surface area contributed by atoms with Crippen molar-refractivity contribution >= 4 is 27.5 Å². The van der Waals surface area contributed by atoms with Gasteiger partial charge in [0.2, 0.25) is 5.91 Å². The maximum absolute atomic E-state index is 12.6. The summed E-state index contributed by atoms with van der Waals surface area (Å²) >= 11 is 3.29. The summed E-state index contributed by atoms with van der Waals surface area (Å²) in [5, 5.41) is 0. The molecular formula is C10H9BrFNO. The number of carbonyl (C=O) groups is 1. The summed E-state index contributed by atoms with van der Waals surface area (Å²) in [6, 6.07) is 5.98. The molecule has 1 aromatic carbocycles. The van der Waals surface area contributed by atoms with E-state index in [-0.39, 0.29) is 16.6 Å². The number of halogens is 2. The molecule has 1 heterocycles. The molecule has 0 bridgehead atoms. The minimum Gasteiger partial charge on any atom is -0.311 e. The van der Waals surface area contributed by atoms with E-state index in [9.17, 15) is 9.18 Å². The Morgan fingerprint density at radius 3 is 2.50 bits per heavy atom. The molecule has 0 radical (unpaired) electrons. The number of carbonyl (C=O) groups excluding carboxylic acids is 1. The predicted octanol–water partition coefficient (Wildman–Crippen LogP) is 2.33. The van der Waals surface area contributed by atoms with E-state index in [2.05, 4.69) is 15.9 Å². The Bertz CT molecular complexity index is 352. The van der Waals surface area contributed by atoms with Crippen molar-refractivity contribution in [3.63, 3.8) is 0 Å². The first kappa shape index (κ1) is 9.65. The summed E-state index contributed by atoms with van der Waals surface area (Å²) in [6.07, 6.45) is 0.802. The third-order valence-corrected chi connectivity index (χ3v) is 3.13. The number of hydrogen-bond acceptors (Lipinski definition) is 1. The molecule has 1 atom stereocenters. The fourth-order valence-electron chi connectivity index (χ4n) is 1.52. The summed E-state index contributed by atoms with van der Waals surface area (Å²) in [5.74, 6) is -0.229. The van der Waals surface area contributed by atoms with E-state index >= 15 is 0 Å². The van der Waals surface area contributed by atoms with Gasteiger partial charge in [0.15, 0.2) is 0 Å². The van der Waals surface area contributed by atoms with Crippen LogP contribution < -0.4 is 4.90 Å². The molecular weight excluding hydrogens is 249 g/mol. The number of alkyl halides is 1. The first-order chi connectivity index (χ1) is 6.68. The van der Waals surface area contributed by atoms with Crippen LogP contribution in [0.3, 0.4) is 0 Å². The molecule has 2 rings (SSSR count). The second kappa shape index (κ2) is 3.69. The lowest BCUT2D eigenvalue weighted by atomic mass is 10.3. The van der Waals surface area contributed by atoms with Gasteiger partial charge in [0.05, 0.1) is 4.83 Å². The third-order valence-electron chi connectivity index (χ3n) is 2.28. The predicted molar refractivity (Wildman–Crippen MR) is 56.1 cm³/mol. The molecule has 0 N–H and O–H groups in total. The minimum atomic E-state index is -0.282. The van der Waals surface area contributed by atoms with Crippen molar-refractivity contribution in [3.8, 4) is 0 Å². The zero-order chi connectivity index (χ0) is 10.1. The summed E-state index contributed by atoms with van der Waals surface area (Å²) < 4.78 is 12.6. The molecule has 1 saturated heterocycles. The van der Waals surface area contributed by atoms with Crippen LogP contribution in [0.25, 0.3) is 0 Å². The van der Waals surface area contributed by atoms with E-state index in [1.54, 1.807) is 17.0 Å². The van der Waals surface area contributed by atoms with Gasteiger partial charge in [-0.15, -0.1) is 0 Å². The average molecular weight is 258 g/mol. The molecule has 1 amide bonds. The van der Waals surface area contributed by atoms with Gasteiger partial charge in [-0.2, -0.15) is 0 Å². The second-order valence-electron chi connectivity index (χ2n) is 3.22. The number of anilines is 1. The van der Waals surface area contributed by atoms with Gasteiger partial charge in [-0.3, -0.25) is 4.79 Å². The van der Waals surface area contributed by atoms with Crippen molar-refractivity contribution in [3.05, 3.63) is 30.1 Å². The van der Waals surface area contributed by atoms with E-state index in [4.69, 9.17) is 0 Å². The summed E-state index contributed by atoms with van der Waals surface area (Å²) in [4.78, 5) is 13.2. The number of benzene rings is 1. The molecule has 2 nitrogen and oxygen atoms in total. The van der Waals surface area contributed by atoms with Gasteiger partial charge in [-0.05, 0) is 30.7 Å². The van der Waals surface area contributed by atoms with Gasteiger partial charge in [0.25, 0.3) is 0 Å². The molecule has 4 heteroatoms. The first-order valence-corrected chi connectivity index (χ1v) is 5.31. The number of hydrogen-bond donors (Lipinski definition) is 0. The molecule has 1 aliphatic rings. The first-order valence-electron chi connectivity index (χ1n) is 4.39. The van der Waals surface area contributed by atoms with Crippen LogP contribution in [0.4, 0.5) is 10.1 Å². The van der Waals surface area contributed by atoms with Crippen LogP contribution in [-0.4, -0.2) is 17.3 Å². The van der Waals surface area contributed by atoms with Crippen LogP contribution in [0.1, 0.15) is 6.42 Å². The molecule has 1 fully saturated rings. The van der Waals surface area contributed by atoms with Crippen molar-refractivity contribution in [2.75, 3.05) is 11.4 Å². The second-order valence-corrected chi connectivity index (χ2v) is 4.33. The Kier molecular flexibility index (Phi) is 2.54. The van der Waals surface area contributed by atoms with Crippen molar-refractivity contribution in [2.45, 2.75) is 11.2 Å². The topological polar surface area (TPSA) is 20.3 Å². The molecule has 0 aromatic heterocycles. The molecule has 0 aliphatic carbocycles. The minimum absolute atomic E-state index is 0.0524. The quantitative estimate of drug-likeness (QED) is 0.708. The highest BCUT2D eigenvalue weighted by atomic mass is 79.9. The molecule has 0 saturated carbocycles. The van der Waals surface area contributed by atoms with Crippen molar-refractivity contribution in [2.24, 2.45) is 0 Å². The summed E-state index contributed by atoms with van der Waals surface area (Å²) in [7, 11) is 0. The highest BCUT2D eigenvalue weighted by molar-refractivity contribution is 9.10. The van der Waals surface area contributed by atoms with Gasteiger partial charge in [0.1, 0.15) is 5.82 Å². The summed E-state index contributed by atoms with van der Waals surface area (Å²) in [6.45, 7) is 0.695. The lowest BCUT2D eigenvalue weighted by Crippen LogP contribution is -2.26. The van der Waals surface area contributed by atoms with E-state index in [1.165, 1.54) is 12.1 Å². The molecule has 1 aromatic rings. The van der Waals surface area contributed by atoms with Gasteiger partial charge in [-0.25, -0.2) is 4.39 Å². The van der Waals surface area contributed by atoms with Crippen LogP contribution in [0, 0.1) is 5.82 Å². The third kappa shape index (κ3) is 1.66. The Hall–Kier alpha value is -0.900. The van der Waals surface area contributed by atoms with Crippen molar-refractivity contribution in [1.82, 2.24) is 0 Å². The smallest absolute Gasteiger partial charge is 0.240 e. The highest BCUT2D eigenvalue weighted by Gasteiger charge is 2.30. The number of rotatable bonds is 1. The zero-order valence-corrected chi connectivity index (χ0v) is 9.00. The van der Waals surface area contributed by atoms with E-state index in [1.807, 2.05) is 0 Å². The van der Waals surface area contributed by atoms with Gasteiger partial charge in [0, 0.05) is 12.2 Å². The van der Waals surface area contributed by atoms with E-state index in [0.717, 1.165) is 12.1 Å². The average Bonchev–Trinajstić information content (AvgIpc) is 2.50. The molecule has 0 spiro atoms. The highest BCUT2D eigenvalue weighted by Crippen LogP contribution is 2.25. The molecule has 1 aliphatic heterocycles. The zero-order valence-electron chi connectivity index (χ0n) is 7.41. The monoisotopic (exact) mass is 257 g/mol. The Morgan fingerprint density at radius 1 is 1.36 bits per heavy atom.